The summed E-state index contributed by atoms with van der Waals surface area (Å²) in [6.07, 6.45) is 9.38. The number of fused-ring (bicyclic) bond motifs is 3. The molecule has 29 heavy (non-hydrogen) atoms. The van der Waals surface area contributed by atoms with Gasteiger partial charge in [0.05, 0.1) is 17.5 Å². The van der Waals surface area contributed by atoms with Gasteiger partial charge in [0.15, 0.2) is 5.69 Å². The van der Waals surface area contributed by atoms with Gasteiger partial charge in [-0.05, 0) is 57.3 Å². The molecule has 4 aliphatic rings. The minimum atomic E-state index is -0.886. The Bertz CT molecular complexity index is 791. The summed E-state index contributed by atoms with van der Waals surface area (Å²) in [5, 5.41) is 20.0. The molecule has 1 aromatic heterocycles. The van der Waals surface area contributed by atoms with E-state index in [2.05, 4.69) is 15.7 Å². The first-order chi connectivity index (χ1) is 14.0. The highest BCUT2D eigenvalue weighted by atomic mass is 16.4. The van der Waals surface area contributed by atoms with Crippen molar-refractivity contribution in [1.82, 2.24) is 15.1 Å². The van der Waals surface area contributed by atoms with E-state index in [4.69, 9.17) is 0 Å². The summed E-state index contributed by atoms with van der Waals surface area (Å²) >= 11 is 0. The topological polar surface area (TPSA) is 113 Å². The Labute approximate surface area is 170 Å². The molecule has 4 fully saturated rings. The fourth-order valence-electron chi connectivity index (χ4n) is 5.56. The summed E-state index contributed by atoms with van der Waals surface area (Å²) in [4.78, 5) is 37.8. The molecule has 4 saturated carbocycles. The van der Waals surface area contributed by atoms with Gasteiger partial charge in [0.2, 0.25) is 5.91 Å². The number of anilines is 1. The van der Waals surface area contributed by atoms with Crippen LogP contribution in [0.3, 0.4) is 0 Å². The van der Waals surface area contributed by atoms with E-state index in [1.807, 2.05) is 6.92 Å². The number of amides is 2. The highest BCUT2D eigenvalue weighted by Gasteiger charge is 2.50. The highest BCUT2D eigenvalue weighted by molar-refractivity contribution is 6.03. The predicted molar refractivity (Wildman–Crippen MR) is 106 cm³/mol. The van der Waals surface area contributed by atoms with E-state index in [9.17, 15) is 19.5 Å². The fourth-order valence-corrected chi connectivity index (χ4v) is 5.56. The van der Waals surface area contributed by atoms with Crippen LogP contribution in [-0.2, 0) is 16.1 Å². The third kappa shape index (κ3) is 3.89. The van der Waals surface area contributed by atoms with Gasteiger partial charge in [-0.2, -0.15) is 5.10 Å². The van der Waals surface area contributed by atoms with Gasteiger partial charge >= 0.3 is 5.97 Å². The molecule has 1 heterocycles. The summed E-state index contributed by atoms with van der Waals surface area (Å²) in [5.74, 6) is -2.48. The first kappa shape index (κ1) is 19.9. The average Bonchev–Trinajstić information content (AvgIpc) is 3.37. The molecule has 0 saturated heterocycles. The monoisotopic (exact) mass is 402 g/mol. The number of rotatable bonds is 6. The molecule has 0 aromatic carbocycles. The molecule has 3 N–H and O–H groups in total. The van der Waals surface area contributed by atoms with Crippen LogP contribution in [0, 0.1) is 23.7 Å². The lowest BCUT2D eigenvalue weighted by Crippen LogP contribution is -2.49. The second-order valence-electron chi connectivity index (χ2n) is 8.76. The van der Waals surface area contributed by atoms with Crippen LogP contribution in [0.25, 0.3) is 0 Å². The van der Waals surface area contributed by atoms with E-state index in [1.165, 1.54) is 0 Å². The van der Waals surface area contributed by atoms with Crippen LogP contribution >= 0.6 is 0 Å². The molecular weight excluding hydrogens is 372 g/mol. The van der Waals surface area contributed by atoms with E-state index in [0.717, 1.165) is 51.4 Å². The maximum atomic E-state index is 13.1. The predicted octanol–water partition coefficient (Wildman–Crippen LogP) is 2.65. The molecule has 2 amide bonds. The van der Waals surface area contributed by atoms with E-state index >= 15 is 0 Å². The van der Waals surface area contributed by atoms with Gasteiger partial charge in [0.1, 0.15) is 0 Å². The number of carbonyl (C=O) groups excluding carboxylic acids is 2. The van der Waals surface area contributed by atoms with Gasteiger partial charge in [-0.3, -0.25) is 19.1 Å². The number of nitrogens with one attached hydrogen (secondary N) is 2. The van der Waals surface area contributed by atoms with Crippen LogP contribution < -0.4 is 10.6 Å². The third-order valence-electron chi connectivity index (χ3n) is 7.06. The van der Waals surface area contributed by atoms with Crippen LogP contribution in [0.2, 0.25) is 0 Å². The number of carboxylic acid groups (broad SMARTS) is 1. The van der Waals surface area contributed by atoms with Crippen molar-refractivity contribution in [2.24, 2.45) is 23.7 Å². The summed E-state index contributed by atoms with van der Waals surface area (Å²) in [5.41, 5.74) is 0.581. The first-order valence-corrected chi connectivity index (χ1v) is 10.9. The number of hydrogen-bond donors (Lipinski definition) is 3. The maximum Gasteiger partial charge on any atom is 0.307 e. The molecule has 0 spiro atoms. The van der Waals surface area contributed by atoms with Crippen LogP contribution in [0.5, 0.6) is 0 Å². The second-order valence-corrected chi connectivity index (χ2v) is 8.76. The Morgan fingerprint density at radius 2 is 1.69 bits per heavy atom. The van der Waals surface area contributed by atoms with Gasteiger partial charge in [-0.25, -0.2) is 0 Å². The van der Waals surface area contributed by atoms with Gasteiger partial charge in [-0.1, -0.05) is 12.8 Å². The molecule has 4 aliphatic carbocycles. The number of nitrogens with zero attached hydrogens (tertiary/aromatic N) is 2. The standard InChI is InChI=1S/C21H30N4O4/c1-2-25-11-15(18(24-25)20(27)22-14-5-3-4-6-14)23-19(26)16-12-7-9-13(10-8-12)17(16)21(28)29/h11-14,16-17H,2-10H2,1H3,(H,22,27)(H,23,26)(H,28,29). The first-order valence-electron chi connectivity index (χ1n) is 10.9. The minimum absolute atomic E-state index is 0.0664. The summed E-state index contributed by atoms with van der Waals surface area (Å²) < 4.78 is 1.63. The molecule has 2 atom stereocenters. The Hall–Kier alpha value is -2.38. The molecular formula is C21H30N4O4. The van der Waals surface area contributed by atoms with Crippen molar-refractivity contribution < 1.29 is 19.5 Å². The number of hydrogen-bond acceptors (Lipinski definition) is 4. The smallest absolute Gasteiger partial charge is 0.307 e. The molecule has 0 aliphatic heterocycles. The summed E-state index contributed by atoms with van der Waals surface area (Å²) in [6, 6.07) is 0.156. The van der Waals surface area contributed by atoms with Gasteiger partial charge in [0, 0.05) is 18.8 Å². The lowest BCUT2D eigenvalue weighted by atomic mass is 9.58. The Kier molecular flexibility index (Phi) is 5.61. The second kappa shape index (κ2) is 8.16. The number of aromatic nitrogens is 2. The van der Waals surface area contributed by atoms with Crippen molar-refractivity contribution in [2.75, 3.05) is 5.32 Å². The quantitative estimate of drug-likeness (QED) is 0.677. The average molecular weight is 402 g/mol. The number of aryl methyl sites for hydroxylation is 1. The zero-order valence-corrected chi connectivity index (χ0v) is 16.9. The van der Waals surface area contributed by atoms with Gasteiger partial charge in [0.25, 0.3) is 5.91 Å². The summed E-state index contributed by atoms with van der Waals surface area (Å²) in [7, 11) is 0. The van der Waals surface area contributed by atoms with Crippen molar-refractivity contribution in [3.05, 3.63) is 11.9 Å². The molecule has 2 unspecified atom stereocenters. The zero-order chi connectivity index (χ0) is 20.5. The number of aliphatic carboxylic acids is 1. The number of carboxylic acids is 1. The Balaban J connectivity index is 1.53. The van der Waals surface area contributed by atoms with Crippen molar-refractivity contribution >= 4 is 23.5 Å². The van der Waals surface area contributed by atoms with Crippen molar-refractivity contribution in [2.45, 2.75) is 70.9 Å². The van der Waals surface area contributed by atoms with Crippen LogP contribution in [-0.4, -0.2) is 38.7 Å². The van der Waals surface area contributed by atoms with Crippen molar-refractivity contribution in [3.8, 4) is 0 Å². The molecule has 158 valence electrons. The van der Waals surface area contributed by atoms with E-state index in [1.54, 1.807) is 10.9 Å². The SMILES string of the molecule is CCn1cc(NC(=O)C2C3CCC(CC3)C2C(=O)O)c(C(=O)NC2CCCC2)n1. The van der Waals surface area contributed by atoms with Crippen LogP contribution in [0.4, 0.5) is 5.69 Å². The number of carbonyl (C=O) groups is 3. The summed E-state index contributed by atoms with van der Waals surface area (Å²) in [6.45, 7) is 2.49. The van der Waals surface area contributed by atoms with Crippen LogP contribution in [0.1, 0.15) is 68.8 Å². The highest BCUT2D eigenvalue weighted by Crippen LogP contribution is 2.49. The molecule has 5 rings (SSSR count). The molecule has 2 bridgehead atoms. The van der Waals surface area contributed by atoms with E-state index < -0.39 is 17.8 Å². The fraction of sp³-hybridized carbons (Fsp3) is 0.714. The lowest BCUT2D eigenvalue weighted by Gasteiger charge is -2.45. The maximum absolute atomic E-state index is 13.1. The minimum Gasteiger partial charge on any atom is -0.481 e. The third-order valence-corrected chi connectivity index (χ3v) is 7.06. The van der Waals surface area contributed by atoms with Gasteiger partial charge < -0.3 is 15.7 Å². The normalized spacial score (nSPS) is 29.0. The lowest BCUT2D eigenvalue weighted by molar-refractivity contribution is -0.156. The molecule has 8 nitrogen and oxygen atoms in total. The molecule has 8 heteroatoms. The zero-order valence-electron chi connectivity index (χ0n) is 16.9. The molecule has 1 aromatic rings. The van der Waals surface area contributed by atoms with E-state index in [0.29, 0.717) is 12.2 Å². The van der Waals surface area contributed by atoms with Crippen LogP contribution in [0.15, 0.2) is 6.20 Å². The van der Waals surface area contributed by atoms with E-state index in [-0.39, 0.29) is 35.4 Å². The molecule has 0 radical (unpaired) electrons. The largest absolute Gasteiger partial charge is 0.481 e. The van der Waals surface area contributed by atoms with Gasteiger partial charge in [-0.15, -0.1) is 0 Å². The Morgan fingerprint density at radius 1 is 1.07 bits per heavy atom. The van der Waals surface area contributed by atoms with Crippen molar-refractivity contribution in [3.63, 3.8) is 0 Å². The Morgan fingerprint density at radius 3 is 2.28 bits per heavy atom. The van der Waals surface area contributed by atoms with Crippen molar-refractivity contribution in [1.29, 1.82) is 0 Å².